The van der Waals surface area contributed by atoms with Crippen molar-refractivity contribution in [2.24, 2.45) is 23.7 Å². The van der Waals surface area contributed by atoms with Crippen LogP contribution in [-0.2, 0) is 41.8 Å². The lowest BCUT2D eigenvalue weighted by atomic mass is 9.58. The maximum Gasteiger partial charge on any atom is 0.303 e. The maximum atomic E-state index is 10.8. The second-order valence-corrected chi connectivity index (χ2v) is 10.3. The van der Waals surface area contributed by atoms with Gasteiger partial charge in [0, 0.05) is 24.7 Å². The molecule has 6 rings (SSSR count). The second-order valence-electron chi connectivity index (χ2n) is 10.3. The summed E-state index contributed by atoms with van der Waals surface area (Å²) in [6, 6.07) is 7.92. The van der Waals surface area contributed by atoms with E-state index in [2.05, 4.69) is 13.8 Å². The van der Waals surface area contributed by atoms with Crippen LogP contribution in [0.5, 0.6) is 0 Å². The Morgan fingerprint density at radius 2 is 1.84 bits per heavy atom. The molecule has 7 nitrogen and oxygen atoms in total. The Morgan fingerprint density at radius 1 is 1.09 bits per heavy atom. The van der Waals surface area contributed by atoms with Crippen molar-refractivity contribution in [3.05, 3.63) is 35.4 Å². The fourth-order valence-corrected chi connectivity index (χ4v) is 6.29. The third kappa shape index (κ3) is 3.78. The molecule has 1 aliphatic carbocycles. The number of fused-ring (bicyclic) bond motifs is 2. The van der Waals surface area contributed by atoms with Crippen molar-refractivity contribution in [2.75, 3.05) is 0 Å². The predicted molar refractivity (Wildman–Crippen MR) is 114 cm³/mol. The van der Waals surface area contributed by atoms with E-state index in [4.69, 9.17) is 29.1 Å². The molecule has 8 atom stereocenters. The number of ether oxygens (including phenoxy) is 3. The number of rotatable bonds is 6. The van der Waals surface area contributed by atoms with Crippen LogP contribution in [-0.4, -0.2) is 35.0 Å². The molecule has 0 amide bonds. The number of hydrogen-bond donors (Lipinski definition) is 1. The second kappa shape index (κ2) is 8.37. The van der Waals surface area contributed by atoms with Crippen LogP contribution in [0.15, 0.2) is 24.3 Å². The van der Waals surface area contributed by atoms with Crippen LogP contribution in [0, 0.1) is 23.7 Å². The highest BCUT2D eigenvalue weighted by Crippen LogP contribution is 2.60. The fraction of sp³-hybridized carbons (Fsp3) is 0.720. The lowest BCUT2D eigenvalue weighted by molar-refractivity contribution is -0.577. The highest BCUT2D eigenvalue weighted by Gasteiger charge is 2.69. The molecule has 0 aromatic heterocycles. The molecule has 1 saturated carbocycles. The zero-order valence-corrected chi connectivity index (χ0v) is 19.1. The van der Waals surface area contributed by atoms with Crippen molar-refractivity contribution >= 4 is 5.97 Å². The first-order chi connectivity index (χ1) is 15.3. The van der Waals surface area contributed by atoms with Crippen LogP contribution in [0.1, 0.15) is 64.0 Å². The minimum absolute atomic E-state index is 0.137. The Morgan fingerprint density at radius 3 is 2.59 bits per heavy atom. The van der Waals surface area contributed by atoms with Crippen LogP contribution >= 0.6 is 0 Å². The van der Waals surface area contributed by atoms with E-state index in [-0.39, 0.29) is 24.5 Å². The van der Waals surface area contributed by atoms with Crippen molar-refractivity contribution in [3.63, 3.8) is 0 Å². The van der Waals surface area contributed by atoms with Gasteiger partial charge in [-0.05, 0) is 55.6 Å². The molecule has 176 valence electrons. The molecule has 1 aromatic carbocycles. The summed E-state index contributed by atoms with van der Waals surface area (Å²) in [6.45, 7) is 6.85. The lowest BCUT2D eigenvalue weighted by Gasteiger charge is -2.60. The molecule has 1 N–H and O–H groups in total. The Bertz CT molecular complexity index is 841. The van der Waals surface area contributed by atoms with Crippen LogP contribution in [0.4, 0.5) is 0 Å². The minimum atomic E-state index is -0.783. The van der Waals surface area contributed by atoms with Crippen LogP contribution in [0.3, 0.4) is 0 Å². The van der Waals surface area contributed by atoms with Gasteiger partial charge in [0.05, 0.1) is 6.61 Å². The number of carboxylic acids is 1. The van der Waals surface area contributed by atoms with E-state index < -0.39 is 23.6 Å². The first-order valence-corrected chi connectivity index (χ1v) is 11.9. The minimum Gasteiger partial charge on any atom is -0.481 e. The molecule has 1 spiro atoms. The highest BCUT2D eigenvalue weighted by molar-refractivity contribution is 5.67. The van der Waals surface area contributed by atoms with E-state index in [1.807, 2.05) is 31.2 Å². The van der Waals surface area contributed by atoms with E-state index in [1.165, 1.54) is 6.42 Å². The monoisotopic (exact) mass is 446 g/mol. The van der Waals surface area contributed by atoms with Crippen molar-refractivity contribution in [1.29, 1.82) is 0 Å². The van der Waals surface area contributed by atoms with Gasteiger partial charge in [0.15, 0.2) is 18.2 Å². The van der Waals surface area contributed by atoms with E-state index in [1.54, 1.807) is 0 Å². The summed E-state index contributed by atoms with van der Waals surface area (Å²) in [5, 5.41) is 8.85. The quantitative estimate of drug-likeness (QED) is 0.647. The van der Waals surface area contributed by atoms with Crippen molar-refractivity contribution in [1.82, 2.24) is 0 Å². The molecule has 0 unspecified atom stereocenters. The molecule has 2 bridgehead atoms. The van der Waals surface area contributed by atoms with Crippen molar-refractivity contribution in [3.8, 4) is 0 Å². The predicted octanol–water partition coefficient (Wildman–Crippen LogP) is 4.43. The summed E-state index contributed by atoms with van der Waals surface area (Å²) >= 11 is 0. The number of carbonyl (C=O) groups is 1. The van der Waals surface area contributed by atoms with E-state index in [0.717, 1.165) is 30.4 Å². The van der Waals surface area contributed by atoms with E-state index in [0.29, 0.717) is 24.9 Å². The average Bonchev–Trinajstić information content (AvgIpc) is 3.00. The largest absolute Gasteiger partial charge is 0.481 e. The summed E-state index contributed by atoms with van der Waals surface area (Å²) in [7, 11) is 0. The van der Waals surface area contributed by atoms with Gasteiger partial charge >= 0.3 is 5.97 Å². The number of carboxylic acid groups (broad SMARTS) is 1. The third-order valence-electron chi connectivity index (χ3n) is 8.16. The zero-order chi connectivity index (χ0) is 22.5. The molecule has 5 fully saturated rings. The molecule has 5 aliphatic rings. The van der Waals surface area contributed by atoms with Gasteiger partial charge in [-0.2, -0.15) is 0 Å². The topological polar surface area (TPSA) is 83.5 Å². The molecular formula is C25H34O7. The molecule has 4 heterocycles. The van der Waals surface area contributed by atoms with Crippen molar-refractivity contribution in [2.45, 2.75) is 89.9 Å². The van der Waals surface area contributed by atoms with Gasteiger partial charge in [0.1, 0.15) is 0 Å². The first-order valence-electron chi connectivity index (χ1n) is 11.9. The van der Waals surface area contributed by atoms with Gasteiger partial charge in [0.25, 0.3) is 0 Å². The van der Waals surface area contributed by atoms with Gasteiger partial charge in [-0.1, -0.05) is 38.1 Å². The summed E-state index contributed by atoms with van der Waals surface area (Å²) < 4.78 is 19.1. The van der Waals surface area contributed by atoms with E-state index in [9.17, 15) is 4.79 Å². The van der Waals surface area contributed by atoms with Gasteiger partial charge in [-0.25, -0.2) is 9.78 Å². The van der Waals surface area contributed by atoms with Gasteiger partial charge in [0.2, 0.25) is 5.79 Å². The number of hydrogen-bond acceptors (Lipinski definition) is 6. The van der Waals surface area contributed by atoms with Crippen LogP contribution in [0.2, 0.25) is 0 Å². The summed E-state index contributed by atoms with van der Waals surface area (Å²) in [6.07, 6.45) is 3.80. The summed E-state index contributed by atoms with van der Waals surface area (Å²) in [5.74, 6) is -0.296. The first kappa shape index (κ1) is 22.3. The van der Waals surface area contributed by atoms with Crippen molar-refractivity contribution < 1.29 is 33.9 Å². The zero-order valence-electron chi connectivity index (χ0n) is 19.1. The number of aryl methyl sites for hydroxylation is 1. The van der Waals surface area contributed by atoms with Crippen LogP contribution < -0.4 is 0 Å². The van der Waals surface area contributed by atoms with Gasteiger partial charge < -0.3 is 19.3 Å². The lowest BCUT2D eigenvalue weighted by Crippen LogP contribution is -2.70. The molecule has 4 saturated heterocycles. The standard InChI is InChI=1S/C25H34O7/c1-15-4-10-20-16(2)22(28-14-18-7-5-17(6-8-18)9-11-21(26)27)29-23-25(20)19(15)12-13-24(3,30-23)31-32-25/h5-8,15-16,19-20,22-23H,4,9-14H2,1-3H3,(H,26,27)/t15-,16-,19+,20+,22+,23-,24-,25-/m1/s1. The molecule has 32 heavy (non-hydrogen) atoms. The molecular weight excluding hydrogens is 412 g/mol. The summed E-state index contributed by atoms with van der Waals surface area (Å²) in [5.41, 5.74) is 1.47. The Balaban J connectivity index is 1.30. The molecule has 4 aliphatic heterocycles. The highest BCUT2D eigenvalue weighted by atomic mass is 17.3. The third-order valence-corrected chi connectivity index (χ3v) is 8.16. The maximum absolute atomic E-state index is 10.8. The SMILES string of the molecule is C[C@H]1[C@@H](OCc2ccc(CCC(=O)O)cc2)O[C@@H]2O[C@@]3(C)CC[C@H]4[C@H](C)CC[C@@H]1[C@@]24OO3. The fourth-order valence-electron chi connectivity index (χ4n) is 6.29. The molecule has 7 heteroatoms. The Kier molecular flexibility index (Phi) is 5.83. The molecule has 1 aromatic rings. The number of benzene rings is 1. The molecule has 0 radical (unpaired) electrons. The number of aliphatic carboxylic acids is 1. The van der Waals surface area contributed by atoms with E-state index >= 15 is 0 Å². The Hall–Kier alpha value is -1.51. The Labute approximate surface area is 189 Å². The van der Waals surface area contributed by atoms with Gasteiger partial charge in [-0.3, -0.25) is 4.79 Å². The van der Waals surface area contributed by atoms with Gasteiger partial charge in [-0.15, -0.1) is 0 Å². The summed E-state index contributed by atoms with van der Waals surface area (Å²) in [4.78, 5) is 22.8. The normalized spacial score (nSPS) is 42.8. The van der Waals surface area contributed by atoms with Crippen LogP contribution in [0.25, 0.3) is 0 Å². The smallest absolute Gasteiger partial charge is 0.303 e. The average molecular weight is 447 g/mol.